The van der Waals surface area contributed by atoms with Gasteiger partial charge in [0.2, 0.25) is 5.13 Å². The summed E-state index contributed by atoms with van der Waals surface area (Å²) in [6, 6.07) is 8.08. The highest BCUT2D eigenvalue weighted by Gasteiger charge is 2.37. The highest BCUT2D eigenvalue weighted by molar-refractivity contribution is 8.03. The lowest BCUT2D eigenvalue weighted by molar-refractivity contribution is 0.207. The van der Waals surface area contributed by atoms with Gasteiger partial charge in [-0.25, -0.2) is 8.42 Å². The fraction of sp³-hybridized carbons (Fsp3) is 0.429. The highest BCUT2D eigenvalue weighted by Crippen LogP contribution is 2.34. The molecule has 1 aliphatic rings. The number of thioether (sulfide) groups is 1. The number of anilines is 2. The lowest BCUT2D eigenvalue weighted by Crippen LogP contribution is -2.19. The molecule has 1 saturated heterocycles. The predicted octanol–water partition coefficient (Wildman–Crippen LogP) is 2.09. The van der Waals surface area contributed by atoms with E-state index in [2.05, 4.69) is 34.6 Å². The molecule has 1 aliphatic heterocycles. The number of aryl methyl sites for hydroxylation is 1. The number of hydrogen-bond donors (Lipinski definition) is 2. The summed E-state index contributed by atoms with van der Waals surface area (Å²) in [5, 5.41) is 21.4. The van der Waals surface area contributed by atoms with E-state index >= 15 is 0 Å². The van der Waals surface area contributed by atoms with Crippen LogP contribution in [0.2, 0.25) is 0 Å². The van der Waals surface area contributed by atoms with Crippen LogP contribution < -0.4 is 5.32 Å². The number of aromatic nitrogens is 2. The second-order valence-electron chi connectivity index (χ2n) is 5.35. The van der Waals surface area contributed by atoms with Gasteiger partial charge in [-0.3, -0.25) is 0 Å². The van der Waals surface area contributed by atoms with E-state index in [4.69, 9.17) is 0 Å². The number of rotatable bonds is 5. The highest BCUT2D eigenvalue weighted by atomic mass is 32.2. The molecule has 1 fully saturated rings. The van der Waals surface area contributed by atoms with Crippen molar-refractivity contribution < 1.29 is 13.5 Å². The molecule has 0 saturated carbocycles. The van der Waals surface area contributed by atoms with Crippen LogP contribution in [0.1, 0.15) is 12.5 Å². The molecule has 1 aromatic heterocycles. The standard InChI is InChI=1S/C14H17N3O3S3/c1-2-9-3-5-10(6-4-9)15-13-16-17-14(22-13)21-12-8-23(19,20)7-11(12)18/h3-6,11-12,18H,2,7-8H2,1H3,(H,15,16)/t11-,12-/m0/s1. The van der Waals surface area contributed by atoms with Gasteiger partial charge < -0.3 is 10.4 Å². The van der Waals surface area contributed by atoms with E-state index in [0.29, 0.717) is 9.47 Å². The summed E-state index contributed by atoms with van der Waals surface area (Å²) in [7, 11) is -3.14. The number of nitrogens with zero attached hydrogens (tertiary/aromatic N) is 2. The Morgan fingerprint density at radius 1 is 1.30 bits per heavy atom. The molecular formula is C14H17N3O3S3. The lowest BCUT2D eigenvalue weighted by Gasteiger charge is -2.08. The zero-order chi connectivity index (χ0) is 16.4. The predicted molar refractivity (Wildman–Crippen MR) is 93.3 cm³/mol. The van der Waals surface area contributed by atoms with E-state index in [0.717, 1.165) is 12.1 Å². The quantitative estimate of drug-likeness (QED) is 0.831. The van der Waals surface area contributed by atoms with E-state index < -0.39 is 15.9 Å². The molecule has 3 rings (SSSR count). The van der Waals surface area contributed by atoms with Crippen molar-refractivity contribution in [3.05, 3.63) is 29.8 Å². The Labute approximate surface area is 143 Å². The maximum atomic E-state index is 11.5. The fourth-order valence-corrected chi connectivity index (χ4v) is 6.82. The van der Waals surface area contributed by atoms with Crippen LogP contribution in [0.4, 0.5) is 10.8 Å². The number of hydrogen-bond acceptors (Lipinski definition) is 8. The summed E-state index contributed by atoms with van der Waals surface area (Å²) in [5.74, 6) is -0.183. The first-order valence-corrected chi connectivity index (χ1v) is 10.7. The van der Waals surface area contributed by atoms with Gasteiger partial charge in [0, 0.05) is 5.69 Å². The molecule has 0 aliphatic carbocycles. The van der Waals surface area contributed by atoms with Crippen LogP contribution in [0, 0.1) is 0 Å². The molecule has 0 bridgehead atoms. The topological polar surface area (TPSA) is 92.2 Å². The number of benzene rings is 1. The van der Waals surface area contributed by atoms with E-state index in [-0.39, 0.29) is 16.8 Å². The third kappa shape index (κ3) is 4.23. The van der Waals surface area contributed by atoms with Crippen molar-refractivity contribution in [1.29, 1.82) is 0 Å². The summed E-state index contributed by atoms with van der Waals surface area (Å²) >= 11 is 2.63. The molecule has 0 unspecified atom stereocenters. The van der Waals surface area contributed by atoms with Crippen LogP contribution in [-0.2, 0) is 16.3 Å². The summed E-state index contributed by atoms with van der Waals surface area (Å²) < 4.78 is 23.7. The number of nitrogens with one attached hydrogen (secondary N) is 1. The Kier molecular flexibility index (Phi) is 4.90. The summed E-state index contributed by atoms with van der Waals surface area (Å²) in [6.45, 7) is 2.11. The maximum Gasteiger partial charge on any atom is 0.210 e. The Hall–Kier alpha value is -1.16. The van der Waals surface area contributed by atoms with Crippen LogP contribution in [0.25, 0.3) is 0 Å². The number of sulfone groups is 1. The molecule has 0 radical (unpaired) electrons. The van der Waals surface area contributed by atoms with Gasteiger partial charge in [-0.05, 0) is 24.1 Å². The van der Waals surface area contributed by atoms with Crippen LogP contribution in [0.3, 0.4) is 0 Å². The Balaban J connectivity index is 1.64. The molecule has 23 heavy (non-hydrogen) atoms. The van der Waals surface area contributed by atoms with Crippen molar-refractivity contribution in [3.8, 4) is 0 Å². The molecular weight excluding hydrogens is 354 g/mol. The zero-order valence-electron chi connectivity index (χ0n) is 12.5. The average Bonchev–Trinajstić information content (AvgIpc) is 3.04. The summed E-state index contributed by atoms with van der Waals surface area (Å²) in [5.41, 5.74) is 2.19. The minimum absolute atomic E-state index is 0.0142. The van der Waals surface area contributed by atoms with Crippen LogP contribution >= 0.6 is 23.1 Å². The number of aliphatic hydroxyl groups is 1. The maximum absolute atomic E-state index is 11.5. The molecule has 2 N–H and O–H groups in total. The molecule has 0 spiro atoms. The summed E-state index contributed by atoms with van der Waals surface area (Å²) in [6.07, 6.45) is 0.152. The van der Waals surface area contributed by atoms with E-state index in [1.54, 1.807) is 0 Å². The normalized spacial score (nSPS) is 23.0. The second-order valence-corrected chi connectivity index (χ2v) is 9.97. The van der Waals surface area contributed by atoms with Gasteiger partial charge in [-0.2, -0.15) is 0 Å². The third-order valence-electron chi connectivity index (χ3n) is 3.54. The van der Waals surface area contributed by atoms with Crippen molar-refractivity contribution in [2.75, 3.05) is 16.8 Å². The Morgan fingerprint density at radius 2 is 2.04 bits per heavy atom. The van der Waals surface area contributed by atoms with Crippen molar-refractivity contribution in [2.24, 2.45) is 0 Å². The van der Waals surface area contributed by atoms with Gasteiger partial charge in [-0.1, -0.05) is 42.2 Å². The molecule has 1 aromatic carbocycles. The van der Waals surface area contributed by atoms with Crippen LogP contribution in [0.5, 0.6) is 0 Å². The lowest BCUT2D eigenvalue weighted by atomic mass is 10.1. The SMILES string of the molecule is CCc1ccc(Nc2nnc(S[C@H]3CS(=O)(=O)C[C@@H]3O)s2)cc1. The molecule has 2 atom stereocenters. The monoisotopic (exact) mass is 371 g/mol. The fourth-order valence-electron chi connectivity index (χ4n) is 2.29. The average molecular weight is 372 g/mol. The van der Waals surface area contributed by atoms with Gasteiger partial charge in [0.15, 0.2) is 14.2 Å². The second kappa shape index (κ2) is 6.76. The van der Waals surface area contributed by atoms with Gasteiger partial charge >= 0.3 is 0 Å². The molecule has 2 aromatic rings. The number of aliphatic hydroxyl groups excluding tert-OH is 1. The molecule has 9 heteroatoms. The van der Waals surface area contributed by atoms with Crippen LogP contribution in [0.15, 0.2) is 28.6 Å². The van der Waals surface area contributed by atoms with E-state index in [1.165, 1.54) is 28.7 Å². The smallest absolute Gasteiger partial charge is 0.210 e. The molecule has 6 nitrogen and oxygen atoms in total. The van der Waals surface area contributed by atoms with Gasteiger partial charge in [0.25, 0.3) is 0 Å². The van der Waals surface area contributed by atoms with E-state index in [9.17, 15) is 13.5 Å². The summed E-state index contributed by atoms with van der Waals surface area (Å²) in [4.78, 5) is 0. The largest absolute Gasteiger partial charge is 0.391 e. The molecule has 0 amide bonds. The first-order valence-electron chi connectivity index (χ1n) is 7.20. The van der Waals surface area contributed by atoms with Gasteiger partial charge in [-0.15, -0.1) is 10.2 Å². The van der Waals surface area contributed by atoms with E-state index in [1.807, 2.05) is 12.1 Å². The Bertz CT molecular complexity index is 774. The zero-order valence-corrected chi connectivity index (χ0v) is 14.9. The van der Waals surface area contributed by atoms with Crippen molar-refractivity contribution in [2.45, 2.75) is 29.0 Å². The molecule has 124 valence electrons. The first-order chi connectivity index (χ1) is 10.9. The minimum Gasteiger partial charge on any atom is -0.391 e. The Morgan fingerprint density at radius 3 is 2.65 bits per heavy atom. The third-order valence-corrected chi connectivity index (χ3v) is 7.71. The van der Waals surface area contributed by atoms with Crippen molar-refractivity contribution >= 4 is 43.8 Å². The minimum atomic E-state index is -3.14. The van der Waals surface area contributed by atoms with Crippen LogP contribution in [-0.4, -0.2) is 46.6 Å². The molecule has 2 heterocycles. The van der Waals surface area contributed by atoms with Gasteiger partial charge in [0.05, 0.1) is 22.9 Å². The first kappa shape index (κ1) is 16.7. The van der Waals surface area contributed by atoms with Crippen molar-refractivity contribution in [3.63, 3.8) is 0 Å². The van der Waals surface area contributed by atoms with Crippen molar-refractivity contribution in [1.82, 2.24) is 10.2 Å². The van der Waals surface area contributed by atoms with Gasteiger partial charge in [0.1, 0.15) is 0 Å².